The number of pyridine rings is 1. The fourth-order valence-electron chi connectivity index (χ4n) is 1.15. The van der Waals surface area contributed by atoms with E-state index in [4.69, 9.17) is 5.26 Å². The van der Waals surface area contributed by atoms with Crippen molar-refractivity contribution < 1.29 is 22.0 Å². The molecular weight excluding hydrogens is 311 g/mol. The van der Waals surface area contributed by atoms with E-state index in [-0.39, 0.29) is 16.2 Å². The molecule has 0 aliphatic rings. The van der Waals surface area contributed by atoms with Gasteiger partial charge >= 0.3 is 6.18 Å². The zero-order chi connectivity index (χ0) is 13.2. The van der Waals surface area contributed by atoms with E-state index < -0.39 is 30.3 Å². The first-order chi connectivity index (χ1) is 7.77. The Morgan fingerprint density at radius 2 is 2.00 bits per heavy atom. The third kappa shape index (κ3) is 3.12. The van der Waals surface area contributed by atoms with E-state index in [1.54, 1.807) is 6.07 Å². The number of nitrogens with zero attached hydrogens (tertiary/aromatic N) is 2. The van der Waals surface area contributed by atoms with Crippen LogP contribution in [0.25, 0.3) is 0 Å². The highest BCUT2D eigenvalue weighted by atomic mass is 79.9. The number of rotatable bonds is 2. The molecule has 0 saturated heterocycles. The zero-order valence-electron chi connectivity index (χ0n) is 8.02. The highest BCUT2D eigenvalue weighted by molar-refractivity contribution is 9.10. The molecule has 0 unspecified atom stereocenters. The first kappa shape index (κ1) is 13.8. The Morgan fingerprint density at radius 3 is 2.41 bits per heavy atom. The fourth-order valence-corrected chi connectivity index (χ4v) is 1.71. The van der Waals surface area contributed by atoms with Crippen LogP contribution in [0.2, 0.25) is 0 Å². The minimum atomic E-state index is -4.81. The van der Waals surface area contributed by atoms with E-state index in [9.17, 15) is 22.0 Å². The molecule has 0 fully saturated rings. The van der Waals surface area contributed by atoms with Crippen molar-refractivity contribution in [1.29, 1.82) is 5.26 Å². The largest absolute Gasteiger partial charge is 0.433 e. The Kier molecular flexibility index (Phi) is 4.03. The molecule has 0 bridgehead atoms. The van der Waals surface area contributed by atoms with E-state index in [1.807, 2.05) is 0 Å². The van der Waals surface area contributed by atoms with Crippen LogP contribution in [0.5, 0.6) is 0 Å². The van der Waals surface area contributed by atoms with Gasteiger partial charge in [0.15, 0.2) is 0 Å². The van der Waals surface area contributed by atoms with Crippen molar-refractivity contribution in [3.05, 3.63) is 27.5 Å². The molecule has 0 amide bonds. The molecule has 0 saturated carbocycles. The smallest absolute Gasteiger partial charge is 0.236 e. The van der Waals surface area contributed by atoms with E-state index in [0.29, 0.717) is 0 Å². The summed E-state index contributed by atoms with van der Waals surface area (Å²) in [6, 6.07) is 1.86. The van der Waals surface area contributed by atoms with Crippen LogP contribution in [0, 0.1) is 11.3 Å². The van der Waals surface area contributed by atoms with Gasteiger partial charge in [-0.3, -0.25) is 0 Å². The van der Waals surface area contributed by atoms with Crippen LogP contribution in [0.3, 0.4) is 0 Å². The minimum absolute atomic E-state index is 0.226. The lowest BCUT2D eigenvalue weighted by Crippen LogP contribution is -2.11. The average molecular weight is 315 g/mol. The van der Waals surface area contributed by atoms with Gasteiger partial charge in [0, 0.05) is 11.1 Å². The molecule has 1 heterocycles. The number of nitriles is 1. The summed E-state index contributed by atoms with van der Waals surface area (Å²) in [6.45, 7) is 0. The predicted octanol–water partition coefficient (Wildman–Crippen LogP) is 3.87. The molecule has 17 heavy (non-hydrogen) atoms. The minimum Gasteiger partial charge on any atom is -0.236 e. The summed E-state index contributed by atoms with van der Waals surface area (Å²) < 4.78 is 61.8. The lowest BCUT2D eigenvalue weighted by Gasteiger charge is -2.12. The van der Waals surface area contributed by atoms with E-state index in [1.165, 1.54) is 0 Å². The molecule has 1 aromatic heterocycles. The number of aromatic nitrogens is 1. The number of hydrogen-bond acceptors (Lipinski definition) is 2. The van der Waals surface area contributed by atoms with Crippen molar-refractivity contribution in [2.75, 3.05) is 0 Å². The SMILES string of the molecule is N#CCc1c(C(F)F)cc(C(F)(F)F)nc1Br. The van der Waals surface area contributed by atoms with Gasteiger partial charge in [-0.1, -0.05) is 0 Å². The van der Waals surface area contributed by atoms with Crippen LogP contribution >= 0.6 is 15.9 Å². The third-order valence-electron chi connectivity index (χ3n) is 1.89. The summed E-state index contributed by atoms with van der Waals surface area (Å²) in [5.74, 6) is 0. The summed E-state index contributed by atoms with van der Waals surface area (Å²) in [5.41, 5.74) is -2.47. The van der Waals surface area contributed by atoms with Crippen molar-refractivity contribution >= 4 is 15.9 Å². The van der Waals surface area contributed by atoms with Gasteiger partial charge in [-0.15, -0.1) is 0 Å². The van der Waals surface area contributed by atoms with E-state index in [2.05, 4.69) is 20.9 Å². The molecule has 0 aliphatic heterocycles. The van der Waals surface area contributed by atoms with Gasteiger partial charge in [-0.05, 0) is 22.0 Å². The van der Waals surface area contributed by atoms with Crippen LogP contribution in [-0.4, -0.2) is 4.98 Å². The maximum atomic E-state index is 12.6. The van der Waals surface area contributed by atoms with Gasteiger partial charge in [0.05, 0.1) is 12.5 Å². The topological polar surface area (TPSA) is 36.7 Å². The predicted molar refractivity (Wildman–Crippen MR) is 51.2 cm³/mol. The molecule has 1 rings (SSSR count). The van der Waals surface area contributed by atoms with Crippen molar-refractivity contribution in [3.8, 4) is 6.07 Å². The quantitative estimate of drug-likeness (QED) is 0.614. The Hall–Kier alpha value is -1.23. The van der Waals surface area contributed by atoms with Crippen LogP contribution in [0.4, 0.5) is 22.0 Å². The molecule has 0 N–H and O–H groups in total. The van der Waals surface area contributed by atoms with Crippen LogP contribution in [-0.2, 0) is 12.6 Å². The second kappa shape index (κ2) is 4.96. The molecule has 2 nitrogen and oxygen atoms in total. The Balaban J connectivity index is 3.42. The van der Waals surface area contributed by atoms with Crippen molar-refractivity contribution in [2.45, 2.75) is 19.0 Å². The summed E-state index contributed by atoms with van der Waals surface area (Å²) in [7, 11) is 0. The second-order valence-corrected chi connectivity index (χ2v) is 3.75. The molecule has 0 spiro atoms. The van der Waals surface area contributed by atoms with Crippen LogP contribution in [0.15, 0.2) is 10.7 Å². The highest BCUT2D eigenvalue weighted by Gasteiger charge is 2.35. The summed E-state index contributed by atoms with van der Waals surface area (Å²) in [5, 5.41) is 8.41. The third-order valence-corrected chi connectivity index (χ3v) is 2.55. The van der Waals surface area contributed by atoms with Gasteiger partial charge in [-0.2, -0.15) is 18.4 Å². The van der Waals surface area contributed by atoms with Gasteiger partial charge in [-0.25, -0.2) is 13.8 Å². The second-order valence-electron chi connectivity index (χ2n) is 3.00. The standard InChI is InChI=1S/C9H4BrF5N2/c10-7-4(1-2-16)5(8(11)12)3-6(17-7)9(13,14)15/h3,8H,1H2. The Bertz CT molecular complexity index is 464. The molecule has 0 aromatic carbocycles. The molecule has 1 aromatic rings. The van der Waals surface area contributed by atoms with E-state index in [0.717, 1.165) is 0 Å². The Morgan fingerprint density at radius 1 is 1.41 bits per heavy atom. The monoisotopic (exact) mass is 314 g/mol. The van der Waals surface area contributed by atoms with Crippen molar-refractivity contribution in [2.24, 2.45) is 0 Å². The molecular formula is C9H4BrF5N2. The number of halogens is 6. The maximum absolute atomic E-state index is 12.6. The van der Waals surface area contributed by atoms with Gasteiger partial charge < -0.3 is 0 Å². The molecule has 0 atom stereocenters. The summed E-state index contributed by atoms with van der Waals surface area (Å²) in [4.78, 5) is 3.11. The van der Waals surface area contributed by atoms with Crippen LogP contribution in [0.1, 0.15) is 23.2 Å². The molecule has 92 valence electrons. The summed E-state index contributed by atoms with van der Waals surface area (Å²) in [6.07, 6.45) is -8.35. The van der Waals surface area contributed by atoms with E-state index >= 15 is 0 Å². The number of hydrogen-bond donors (Lipinski definition) is 0. The molecule has 0 radical (unpaired) electrons. The Labute approximate surface area is 101 Å². The molecule has 0 aliphatic carbocycles. The lowest BCUT2D eigenvalue weighted by molar-refractivity contribution is -0.141. The average Bonchev–Trinajstić information content (AvgIpc) is 2.18. The number of alkyl halides is 5. The zero-order valence-corrected chi connectivity index (χ0v) is 9.61. The fraction of sp³-hybridized carbons (Fsp3) is 0.333. The normalized spacial score (nSPS) is 11.6. The van der Waals surface area contributed by atoms with Gasteiger partial charge in [0.2, 0.25) is 0 Å². The highest BCUT2D eigenvalue weighted by Crippen LogP contribution is 2.35. The van der Waals surface area contributed by atoms with Crippen molar-refractivity contribution in [3.63, 3.8) is 0 Å². The van der Waals surface area contributed by atoms with Gasteiger partial charge in [0.25, 0.3) is 6.43 Å². The lowest BCUT2D eigenvalue weighted by atomic mass is 10.1. The molecule has 8 heteroatoms. The first-order valence-electron chi connectivity index (χ1n) is 4.19. The maximum Gasteiger partial charge on any atom is 0.433 e. The summed E-state index contributed by atoms with van der Waals surface area (Å²) >= 11 is 2.66. The first-order valence-corrected chi connectivity index (χ1v) is 4.98. The van der Waals surface area contributed by atoms with Crippen LogP contribution < -0.4 is 0 Å². The van der Waals surface area contributed by atoms with Crippen molar-refractivity contribution in [1.82, 2.24) is 4.98 Å². The van der Waals surface area contributed by atoms with Gasteiger partial charge in [0.1, 0.15) is 10.3 Å².